The van der Waals surface area contributed by atoms with E-state index in [1.165, 1.54) is 24.2 Å². The third-order valence-corrected chi connectivity index (χ3v) is 4.53. The molecule has 0 radical (unpaired) electrons. The van der Waals surface area contributed by atoms with Crippen molar-refractivity contribution in [1.29, 1.82) is 0 Å². The Morgan fingerprint density at radius 2 is 1.95 bits per heavy atom. The molecule has 1 aliphatic carbocycles. The van der Waals surface area contributed by atoms with E-state index in [2.05, 4.69) is 9.55 Å². The number of imidazole rings is 1. The van der Waals surface area contributed by atoms with Gasteiger partial charge in [0.2, 0.25) is 0 Å². The highest BCUT2D eigenvalue weighted by Gasteiger charge is 2.27. The number of nitrogens with two attached hydrogens (primary N) is 1. The Bertz CT molecular complexity index is 593. The van der Waals surface area contributed by atoms with Gasteiger partial charge in [0.15, 0.2) is 0 Å². The standard InChI is InChI=1S/C17H23N3O/c18-12-17(21,14-6-2-1-3-7-14)10-11-20-13-19-15-8-4-5-9-16(15)20/h1-3,6-7,13,21H,4-5,8-12,18H2. The van der Waals surface area contributed by atoms with Crippen LogP contribution in [0.4, 0.5) is 0 Å². The minimum Gasteiger partial charge on any atom is -0.384 e. The lowest BCUT2D eigenvalue weighted by Gasteiger charge is -2.28. The molecular weight excluding hydrogens is 262 g/mol. The molecule has 2 aromatic rings. The van der Waals surface area contributed by atoms with E-state index in [-0.39, 0.29) is 6.54 Å². The lowest BCUT2D eigenvalue weighted by Crippen LogP contribution is -2.36. The second kappa shape index (κ2) is 6.00. The summed E-state index contributed by atoms with van der Waals surface area (Å²) in [5, 5.41) is 10.8. The summed E-state index contributed by atoms with van der Waals surface area (Å²) < 4.78 is 2.19. The van der Waals surface area contributed by atoms with Crippen molar-refractivity contribution in [2.24, 2.45) is 5.73 Å². The number of aryl methyl sites for hydroxylation is 2. The third kappa shape index (κ3) is 2.87. The van der Waals surface area contributed by atoms with Crippen LogP contribution >= 0.6 is 0 Å². The molecule has 1 atom stereocenters. The minimum atomic E-state index is -0.965. The summed E-state index contributed by atoms with van der Waals surface area (Å²) in [6, 6.07) is 9.71. The van der Waals surface area contributed by atoms with E-state index in [4.69, 9.17) is 5.73 Å². The maximum Gasteiger partial charge on any atom is 0.103 e. The van der Waals surface area contributed by atoms with E-state index in [9.17, 15) is 5.11 Å². The van der Waals surface area contributed by atoms with Crippen LogP contribution < -0.4 is 5.73 Å². The second-order valence-electron chi connectivity index (χ2n) is 5.89. The summed E-state index contributed by atoms with van der Waals surface area (Å²) >= 11 is 0. The van der Waals surface area contributed by atoms with Crippen molar-refractivity contribution < 1.29 is 5.11 Å². The smallest absolute Gasteiger partial charge is 0.103 e. The molecule has 3 N–H and O–H groups in total. The minimum absolute atomic E-state index is 0.230. The zero-order chi connectivity index (χ0) is 14.7. The fraction of sp³-hybridized carbons (Fsp3) is 0.471. The molecule has 0 saturated heterocycles. The van der Waals surface area contributed by atoms with Crippen LogP contribution in [0, 0.1) is 0 Å². The molecule has 0 aliphatic heterocycles. The molecule has 0 fully saturated rings. The first-order chi connectivity index (χ1) is 10.2. The van der Waals surface area contributed by atoms with Gasteiger partial charge in [0.1, 0.15) is 5.60 Å². The van der Waals surface area contributed by atoms with E-state index >= 15 is 0 Å². The van der Waals surface area contributed by atoms with Crippen molar-refractivity contribution in [3.05, 3.63) is 53.6 Å². The summed E-state index contributed by atoms with van der Waals surface area (Å²) in [5.41, 5.74) is 8.34. The van der Waals surface area contributed by atoms with Gasteiger partial charge in [-0.05, 0) is 37.7 Å². The molecule has 1 heterocycles. The van der Waals surface area contributed by atoms with Crippen molar-refractivity contribution in [3.8, 4) is 0 Å². The number of hydrogen-bond donors (Lipinski definition) is 2. The van der Waals surface area contributed by atoms with E-state index in [1.807, 2.05) is 36.7 Å². The van der Waals surface area contributed by atoms with Crippen LogP contribution in [0.2, 0.25) is 0 Å². The summed E-state index contributed by atoms with van der Waals surface area (Å²) in [5.74, 6) is 0. The summed E-state index contributed by atoms with van der Waals surface area (Å²) in [6.07, 6.45) is 7.18. The Morgan fingerprint density at radius 3 is 2.71 bits per heavy atom. The van der Waals surface area contributed by atoms with E-state index in [0.717, 1.165) is 24.9 Å². The molecular formula is C17H23N3O. The molecule has 3 rings (SSSR count). The number of nitrogens with zero attached hydrogens (tertiary/aromatic N) is 2. The Hall–Kier alpha value is -1.65. The molecule has 1 aromatic heterocycles. The van der Waals surface area contributed by atoms with Gasteiger partial charge in [-0.15, -0.1) is 0 Å². The normalized spacial score (nSPS) is 17.2. The molecule has 4 heteroatoms. The van der Waals surface area contributed by atoms with Gasteiger partial charge >= 0.3 is 0 Å². The average Bonchev–Trinajstić information content (AvgIpc) is 2.97. The van der Waals surface area contributed by atoms with E-state index in [0.29, 0.717) is 6.42 Å². The van der Waals surface area contributed by atoms with Crippen LogP contribution in [0.25, 0.3) is 0 Å². The zero-order valence-corrected chi connectivity index (χ0v) is 12.3. The van der Waals surface area contributed by atoms with Crippen molar-refractivity contribution in [2.75, 3.05) is 6.54 Å². The molecule has 0 saturated carbocycles. The van der Waals surface area contributed by atoms with Gasteiger partial charge < -0.3 is 15.4 Å². The quantitative estimate of drug-likeness (QED) is 0.883. The van der Waals surface area contributed by atoms with Gasteiger partial charge in [0.25, 0.3) is 0 Å². The van der Waals surface area contributed by atoms with Crippen LogP contribution in [0.15, 0.2) is 36.7 Å². The lowest BCUT2D eigenvalue weighted by molar-refractivity contribution is 0.0320. The Balaban J connectivity index is 1.75. The van der Waals surface area contributed by atoms with Gasteiger partial charge in [0.05, 0.1) is 12.0 Å². The number of aliphatic hydroxyl groups is 1. The fourth-order valence-corrected chi connectivity index (χ4v) is 3.14. The fourth-order valence-electron chi connectivity index (χ4n) is 3.14. The van der Waals surface area contributed by atoms with Gasteiger partial charge in [-0.3, -0.25) is 0 Å². The van der Waals surface area contributed by atoms with Gasteiger partial charge in [-0.2, -0.15) is 0 Å². The van der Waals surface area contributed by atoms with Crippen molar-refractivity contribution in [1.82, 2.24) is 9.55 Å². The Morgan fingerprint density at radius 1 is 1.19 bits per heavy atom. The maximum absolute atomic E-state index is 10.8. The highest BCUT2D eigenvalue weighted by Crippen LogP contribution is 2.26. The lowest BCUT2D eigenvalue weighted by atomic mass is 9.90. The molecule has 4 nitrogen and oxygen atoms in total. The highest BCUT2D eigenvalue weighted by atomic mass is 16.3. The van der Waals surface area contributed by atoms with E-state index in [1.54, 1.807) is 0 Å². The molecule has 0 spiro atoms. The second-order valence-corrected chi connectivity index (χ2v) is 5.89. The monoisotopic (exact) mass is 285 g/mol. The molecule has 112 valence electrons. The van der Waals surface area contributed by atoms with Crippen LogP contribution in [0.5, 0.6) is 0 Å². The van der Waals surface area contributed by atoms with Gasteiger partial charge in [-0.25, -0.2) is 4.98 Å². The predicted molar refractivity (Wildman–Crippen MR) is 82.9 cm³/mol. The maximum atomic E-state index is 10.8. The summed E-state index contributed by atoms with van der Waals surface area (Å²) in [6.45, 7) is 0.985. The Kier molecular flexibility index (Phi) is 4.08. The molecule has 0 bridgehead atoms. The van der Waals surface area contributed by atoms with Gasteiger partial charge in [-0.1, -0.05) is 30.3 Å². The van der Waals surface area contributed by atoms with Gasteiger partial charge in [0, 0.05) is 18.8 Å². The molecule has 0 amide bonds. The molecule has 1 aliphatic rings. The zero-order valence-electron chi connectivity index (χ0n) is 12.3. The third-order valence-electron chi connectivity index (χ3n) is 4.53. The summed E-state index contributed by atoms with van der Waals surface area (Å²) in [7, 11) is 0. The topological polar surface area (TPSA) is 64.1 Å². The first-order valence-electron chi connectivity index (χ1n) is 7.74. The number of hydrogen-bond acceptors (Lipinski definition) is 3. The molecule has 1 unspecified atom stereocenters. The average molecular weight is 285 g/mol. The van der Waals surface area contributed by atoms with Crippen LogP contribution in [-0.4, -0.2) is 21.2 Å². The molecule has 1 aromatic carbocycles. The van der Waals surface area contributed by atoms with Crippen LogP contribution in [0.1, 0.15) is 36.2 Å². The first kappa shape index (κ1) is 14.3. The molecule has 21 heavy (non-hydrogen) atoms. The highest BCUT2D eigenvalue weighted by molar-refractivity contribution is 5.23. The predicted octanol–water partition coefficient (Wildman–Crippen LogP) is 2.00. The number of rotatable bonds is 5. The van der Waals surface area contributed by atoms with E-state index < -0.39 is 5.60 Å². The largest absolute Gasteiger partial charge is 0.384 e. The summed E-state index contributed by atoms with van der Waals surface area (Å²) in [4.78, 5) is 4.51. The number of fused-ring (bicyclic) bond motifs is 1. The Labute approximate surface area is 125 Å². The van der Waals surface area contributed by atoms with Crippen molar-refractivity contribution in [2.45, 2.75) is 44.2 Å². The van der Waals surface area contributed by atoms with Crippen molar-refractivity contribution in [3.63, 3.8) is 0 Å². The SMILES string of the molecule is NCC(O)(CCn1cnc2c1CCCC2)c1ccccc1. The number of aromatic nitrogens is 2. The van der Waals surface area contributed by atoms with Crippen LogP contribution in [-0.2, 0) is 25.0 Å². The first-order valence-corrected chi connectivity index (χ1v) is 7.74. The van der Waals surface area contributed by atoms with Crippen molar-refractivity contribution >= 4 is 0 Å². The van der Waals surface area contributed by atoms with Crippen LogP contribution in [0.3, 0.4) is 0 Å². The number of benzene rings is 1.